The first-order chi connectivity index (χ1) is 13.2. The molecule has 0 spiro atoms. The highest BCUT2D eigenvalue weighted by Gasteiger charge is 2.32. The fraction of sp³-hybridized carbons (Fsp3) is 0.211. The number of aliphatic hydroxyl groups is 1. The minimum Gasteiger partial charge on any atom is -0.383 e. The molecular formula is C19H19Cl2N3O4. The molecule has 28 heavy (non-hydrogen) atoms. The van der Waals surface area contributed by atoms with E-state index in [1.54, 1.807) is 30.7 Å². The smallest absolute Gasteiger partial charge is 0.291 e. The van der Waals surface area contributed by atoms with Crippen molar-refractivity contribution in [1.29, 1.82) is 0 Å². The van der Waals surface area contributed by atoms with Gasteiger partial charge in [0, 0.05) is 34.4 Å². The molecule has 0 aliphatic rings. The molecular weight excluding hydrogens is 405 g/mol. The Morgan fingerprint density at radius 3 is 2.39 bits per heavy atom. The number of aryl methyl sites for hydroxylation is 1. The average molecular weight is 424 g/mol. The van der Waals surface area contributed by atoms with Crippen LogP contribution in [0, 0.1) is 17.0 Å². The predicted molar refractivity (Wildman–Crippen MR) is 106 cm³/mol. The third-order valence-electron chi connectivity index (χ3n) is 4.05. The van der Waals surface area contributed by atoms with Crippen LogP contribution in [0.2, 0.25) is 10.0 Å². The summed E-state index contributed by atoms with van der Waals surface area (Å²) in [5.74, 6) is 0. The molecule has 0 fully saturated rings. The molecule has 148 valence electrons. The molecule has 1 heterocycles. The summed E-state index contributed by atoms with van der Waals surface area (Å²) < 4.78 is 1.85. The van der Waals surface area contributed by atoms with E-state index in [9.17, 15) is 5.11 Å². The highest BCUT2D eigenvalue weighted by molar-refractivity contribution is 6.35. The summed E-state index contributed by atoms with van der Waals surface area (Å²) in [5, 5.41) is 26.1. The van der Waals surface area contributed by atoms with Crippen LogP contribution in [-0.2, 0) is 18.6 Å². The van der Waals surface area contributed by atoms with Gasteiger partial charge in [0.25, 0.3) is 5.09 Å². The second-order valence-electron chi connectivity index (χ2n) is 6.29. The van der Waals surface area contributed by atoms with Crippen molar-refractivity contribution in [3.63, 3.8) is 0 Å². The third kappa shape index (κ3) is 6.23. The van der Waals surface area contributed by atoms with E-state index in [2.05, 4.69) is 4.98 Å². The average Bonchev–Trinajstić information content (AvgIpc) is 3.09. The Kier molecular flexibility index (Phi) is 7.39. The van der Waals surface area contributed by atoms with Crippen molar-refractivity contribution in [3.05, 3.63) is 98.0 Å². The lowest BCUT2D eigenvalue weighted by Crippen LogP contribution is -2.34. The summed E-state index contributed by atoms with van der Waals surface area (Å²) in [6, 6.07) is 13.3. The van der Waals surface area contributed by atoms with Gasteiger partial charge in [-0.15, -0.1) is 10.1 Å². The van der Waals surface area contributed by atoms with Crippen LogP contribution < -0.4 is 0 Å². The number of aromatic nitrogens is 2. The number of halogens is 2. The first-order valence-corrected chi connectivity index (χ1v) is 8.98. The fourth-order valence-corrected chi connectivity index (χ4v) is 3.41. The van der Waals surface area contributed by atoms with Gasteiger partial charge in [0.1, 0.15) is 5.60 Å². The van der Waals surface area contributed by atoms with Crippen LogP contribution in [-0.4, -0.2) is 25.0 Å². The van der Waals surface area contributed by atoms with E-state index in [1.807, 2.05) is 42.0 Å². The summed E-state index contributed by atoms with van der Waals surface area (Å²) in [6.45, 7) is 2.39. The zero-order valence-electron chi connectivity index (χ0n) is 15.0. The molecule has 0 saturated heterocycles. The summed E-state index contributed by atoms with van der Waals surface area (Å²) >= 11 is 12.4. The van der Waals surface area contributed by atoms with E-state index in [0.29, 0.717) is 28.6 Å². The van der Waals surface area contributed by atoms with Gasteiger partial charge in [0.2, 0.25) is 0 Å². The Morgan fingerprint density at radius 2 is 1.86 bits per heavy atom. The second-order valence-corrected chi connectivity index (χ2v) is 7.13. The van der Waals surface area contributed by atoms with Crippen LogP contribution in [0.1, 0.15) is 16.7 Å². The highest BCUT2D eigenvalue weighted by Crippen LogP contribution is 2.34. The van der Waals surface area contributed by atoms with Gasteiger partial charge in [-0.3, -0.25) is 0 Å². The lowest BCUT2D eigenvalue weighted by atomic mass is 9.86. The lowest BCUT2D eigenvalue weighted by molar-refractivity contribution is -0.742. The number of rotatable bonds is 5. The maximum Gasteiger partial charge on any atom is 0.291 e. The van der Waals surface area contributed by atoms with E-state index < -0.39 is 10.7 Å². The topological polar surface area (TPSA) is 101 Å². The van der Waals surface area contributed by atoms with Crippen LogP contribution in [0.5, 0.6) is 0 Å². The molecule has 0 radical (unpaired) electrons. The molecule has 0 bridgehead atoms. The monoisotopic (exact) mass is 423 g/mol. The molecule has 0 aliphatic heterocycles. The summed E-state index contributed by atoms with van der Waals surface area (Å²) in [7, 11) is 0. The van der Waals surface area contributed by atoms with Crippen molar-refractivity contribution in [2.75, 3.05) is 0 Å². The standard InChI is InChI=1S/C19H18Cl2N2O.HNO3/c1-14-2-4-15(5-3-14)11-19(24,12-23-9-8-22-13-23)17-7-6-16(20)10-18(17)21;2-1(3)4/h2-10,13,24H,11-12H2,1H3;(H,2,3,4). The van der Waals surface area contributed by atoms with Gasteiger partial charge in [0.05, 0.1) is 12.9 Å². The largest absolute Gasteiger partial charge is 0.383 e. The van der Waals surface area contributed by atoms with E-state index in [-0.39, 0.29) is 0 Å². The van der Waals surface area contributed by atoms with Crippen LogP contribution in [0.15, 0.2) is 61.2 Å². The molecule has 2 aromatic carbocycles. The molecule has 2 N–H and O–H groups in total. The molecule has 0 saturated carbocycles. The van der Waals surface area contributed by atoms with Crippen LogP contribution in [0.25, 0.3) is 0 Å². The van der Waals surface area contributed by atoms with Crippen molar-refractivity contribution in [2.24, 2.45) is 0 Å². The molecule has 1 atom stereocenters. The van der Waals surface area contributed by atoms with E-state index >= 15 is 0 Å². The molecule has 0 aliphatic carbocycles. The molecule has 3 aromatic rings. The predicted octanol–water partition coefficient (Wildman–Crippen LogP) is 4.28. The van der Waals surface area contributed by atoms with Crippen LogP contribution in [0.3, 0.4) is 0 Å². The first-order valence-electron chi connectivity index (χ1n) is 8.22. The molecule has 3 rings (SSSR count). The molecule has 1 unspecified atom stereocenters. The van der Waals surface area contributed by atoms with Gasteiger partial charge < -0.3 is 14.9 Å². The number of nitrogens with zero attached hydrogens (tertiary/aromatic N) is 3. The van der Waals surface area contributed by atoms with E-state index in [1.165, 1.54) is 5.56 Å². The molecule has 9 heteroatoms. The molecule has 7 nitrogen and oxygen atoms in total. The van der Waals surface area contributed by atoms with Crippen molar-refractivity contribution in [2.45, 2.75) is 25.5 Å². The van der Waals surface area contributed by atoms with Gasteiger partial charge >= 0.3 is 0 Å². The quantitative estimate of drug-likeness (QED) is 0.470. The van der Waals surface area contributed by atoms with Crippen molar-refractivity contribution < 1.29 is 15.4 Å². The van der Waals surface area contributed by atoms with Gasteiger partial charge in [-0.2, -0.15) is 0 Å². The number of hydrogen-bond acceptors (Lipinski definition) is 4. The van der Waals surface area contributed by atoms with Gasteiger partial charge in [-0.05, 0) is 24.6 Å². The Morgan fingerprint density at radius 1 is 1.21 bits per heavy atom. The van der Waals surface area contributed by atoms with Gasteiger partial charge in [-0.1, -0.05) is 59.1 Å². The Hall–Kier alpha value is -2.61. The Balaban J connectivity index is 0.000000640. The van der Waals surface area contributed by atoms with Crippen molar-refractivity contribution in [1.82, 2.24) is 9.55 Å². The number of imidazole rings is 1. The Bertz CT molecular complexity index is 913. The molecule has 0 amide bonds. The summed E-state index contributed by atoms with van der Waals surface area (Å²) in [5.41, 5.74) is 1.70. The Labute approximate surface area is 171 Å². The lowest BCUT2D eigenvalue weighted by Gasteiger charge is -2.30. The normalized spacial score (nSPS) is 12.6. The van der Waals surface area contributed by atoms with Crippen molar-refractivity contribution in [3.8, 4) is 0 Å². The van der Waals surface area contributed by atoms with Gasteiger partial charge in [-0.25, -0.2) is 4.98 Å². The number of benzene rings is 2. The maximum atomic E-state index is 11.5. The summed E-state index contributed by atoms with van der Waals surface area (Å²) in [4.78, 5) is 12.4. The third-order valence-corrected chi connectivity index (χ3v) is 4.60. The fourth-order valence-electron chi connectivity index (χ4n) is 2.83. The first kappa shape index (κ1) is 21.7. The van der Waals surface area contributed by atoms with E-state index in [0.717, 1.165) is 5.56 Å². The summed E-state index contributed by atoms with van der Waals surface area (Å²) in [6.07, 6.45) is 5.64. The van der Waals surface area contributed by atoms with Crippen LogP contribution in [0.4, 0.5) is 0 Å². The second kappa shape index (κ2) is 9.54. The van der Waals surface area contributed by atoms with Gasteiger partial charge in [0.15, 0.2) is 0 Å². The minimum atomic E-state index is -1.50. The minimum absolute atomic E-state index is 0.349. The zero-order chi connectivity index (χ0) is 20.7. The maximum absolute atomic E-state index is 11.5. The van der Waals surface area contributed by atoms with Crippen LogP contribution >= 0.6 is 23.2 Å². The highest BCUT2D eigenvalue weighted by atomic mass is 35.5. The SMILES string of the molecule is Cc1ccc(CC(O)(Cn2ccnc2)c2ccc(Cl)cc2Cl)cc1.O=[N+]([O-])O. The number of hydrogen-bond donors (Lipinski definition) is 2. The van der Waals surface area contributed by atoms with E-state index in [4.69, 9.17) is 38.5 Å². The molecule has 1 aromatic heterocycles. The van der Waals surface area contributed by atoms with Crippen molar-refractivity contribution >= 4 is 23.2 Å². The zero-order valence-corrected chi connectivity index (χ0v) is 16.5.